The van der Waals surface area contributed by atoms with Crippen LogP contribution in [0.25, 0.3) is 0 Å². The number of hydrogen-bond donors (Lipinski definition) is 2. The Balaban J connectivity index is 2.18. The van der Waals surface area contributed by atoms with Crippen molar-refractivity contribution in [3.8, 4) is 0 Å². The summed E-state index contributed by atoms with van der Waals surface area (Å²) < 4.78 is 3.17. The number of amides is 1. The normalized spacial score (nSPS) is 11.1. The van der Waals surface area contributed by atoms with Gasteiger partial charge in [-0.1, -0.05) is 44.9 Å². The van der Waals surface area contributed by atoms with E-state index in [2.05, 4.69) is 22.1 Å². The molecule has 3 N–H and O–H groups in total. The van der Waals surface area contributed by atoms with Crippen molar-refractivity contribution in [3.63, 3.8) is 0 Å². The van der Waals surface area contributed by atoms with E-state index in [1.165, 1.54) is 21.2 Å². The molecule has 0 radical (unpaired) electrons. The molecule has 0 unspecified atom stereocenters. The molecule has 2 rings (SSSR count). The number of unbranched alkanes of at least 4 members (excludes halogenated alkanes) is 3. The molecule has 172 valence electrons. The lowest BCUT2D eigenvalue weighted by atomic mass is 10.2. The van der Waals surface area contributed by atoms with Crippen molar-refractivity contribution < 1.29 is 4.79 Å². The molecular weight excluding hydrogens is 418 g/mol. The summed E-state index contributed by atoms with van der Waals surface area (Å²) in [5.74, 6) is 0.580. The number of aromatic amines is 1. The standard InChI is InChI=1S/C20H33N7O3S/c1-4-6-8-12-26(15(28)10-9-13-31-20-24-22-14-25(20)3)16-17(21)27(11-7-5-2)19(30)23-18(16)29/h14H,4-13,21H2,1-3H3,(H,23,29,30). The highest BCUT2D eigenvalue weighted by molar-refractivity contribution is 7.99. The first-order valence-electron chi connectivity index (χ1n) is 10.8. The first-order chi connectivity index (χ1) is 14.9. The molecule has 11 heteroatoms. The van der Waals surface area contributed by atoms with E-state index >= 15 is 0 Å². The Kier molecular flexibility index (Phi) is 9.83. The van der Waals surface area contributed by atoms with Crippen LogP contribution in [0.4, 0.5) is 11.5 Å². The summed E-state index contributed by atoms with van der Waals surface area (Å²) in [5.41, 5.74) is 5.15. The minimum atomic E-state index is -0.617. The average Bonchev–Trinajstić information content (AvgIpc) is 3.14. The van der Waals surface area contributed by atoms with Gasteiger partial charge in [0.05, 0.1) is 0 Å². The number of aromatic nitrogens is 5. The second-order valence-corrected chi connectivity index (χ2v) is 8.49. The molecule has 2 heterocycles. The van der Waals surface area contributed by atoms with Gasteiger partial charge in [0.2, 0.25) is 5.91 Å². The molecule has 0 aliphatic rings. The predicted octanol–water partition coefficient (Wildman–Crippen LogP) is 2.14. The van der Waals surface area contributed by atoms with Crippen molar-refractivity contribution in [1.29, 1.82) is 0 Å². The summed E-state index contributed by atoms with van der Waals surface area (Å²) in [6.07, 6.45) is 6.81. The maximum atomic E-state index is 13.1. The molecule has 2 aromatic rings. The number of H-pyrrole nitrogens is 1. The summed E-state index contributed by atoms with van der Waals surface area (Å²) in [7, 11) is 1.87. The second kappa shape index (κ2) is 12.3. The number of carbonyl (C=O) groups is 1. The quantitative estimate of drug-likeness (QED) is 0.352. The molecule has 0 spiro atoms. The van der Waals surface area contributed by atoms with Gasteiger partial charge in [-0.2, -0.15) is 0 Å². The fraction of sp³-hybridized carbons (Fsp3) is 0.650. The van der Waals surface area contributed by atoms with Crippen molar-refractivity contribution in [1.82, 2.24) is 24.3 Å². The number of hydrogen-bond acceptors (Lipinski definition) is 7. The minimum Gasteiger partial charge on any atom is -0.383 e. The van der Waals surface area contributed by atoms with Gasteiger partial charge in [-0.25, -0.2) is 4.79 Å². The number of nitrogens with one attached hydrogen (secondary N) is 1. The largest absolute Gasteiger partial charge is 0.383 e. The van der Waals surface area contributed by atoms with Crippen LogP contribution in [0.3, 0.4) is 0 Å². The Labute approximate surface area is 186 Å². The van der Waals surface area contributed by atoms with Gasteiger partial charge in [-0.3, -0.25) is 19.1 Å². The Morgan fingerprint density at radius 2 is 1.94 bits per heavy atom. The van der Waals surface area contributed by atoms with Crippen LogP contribution in [0.5, 0.6) is 0 Å². The van der Waals surface area contributed by atoms with Gasteiger partial charge in [0.15, 0.2) is 10.8 Å². The molecule has 0 bridgehead atoms. The fourth-order valence-electron chi connectivity index (χ4n) is 3.18. The topological polar surface area (TPSA) is 132 Å². The van der Waals surface area contributed by atoms with Gasteiger partial charge in [-0.15, -0.1) is 10.2 Å². The first kappa shape index (κ1) is 24.7. The lowest BCUT2D eigenvalue weighted by Gasteiger charge is -2.24. The molecule has 10 nitrogen and oxygen atoms in total. The molecule has 1 amide bonds. The second-order valence-electron chi connectivity index (χ2n) is 7.43. The summed E-state index contributed by atoms with van der Waals surface area (Å²) in [4.78, 5) is 41.7. The number of carbonyl (C=O) groups excluding carboxylic acids is 1. The van der Waals surface area contributed by atoms with E-state index in [0.29, 0.717) is 25.3 Å². The van der Waals surface area contributed by atoms with Crippen molar-refractivity contribution in [2.45, 2.75) is 70.5 Å². The summed E-state index contributed by atoms with van der Waals surface area (Å²) >= 11 is 1.53. The number of nitrogen functional groups attached to an aromatic ring is 1. The molecule has 0 fully saturated rings. The lowest BCUT2D eigenvalue weighted by molar-refractivity contribution is -0.118. The SMILES string of the molecule is CCCCCN(C(=O)CCCSc1nncn1C)c1c(N)n(CCCC)c(=O)[nH]c1=O. The zero-order valence-electron chi connectivity index (χ0n) is 18.6. The molecule has 31 heavy (non-hydrogen) atoms. The van der Waals surface area contributed by atoms with E-state index in [4.69, 9.17) is 5.73 Å². The number of anilines is 2. The third kappa shape index (κ3) is 6.71. The predicted molar refractivity (Wildman–Crippen MR) is 123 cm³/mol. The third-order valence-electron chi connectivity index (χ3n) is 4.94. The van der Waals surface area contributed by atoms with Crippen LogP contribution >= 0.6 is 11.8 Å². The van der Waals surface area contributed by atoms with E-state index in [-0.39, 0.29) is 23.8 Å². The Hall–Kier alpha value is -2.56. The first-order valence-corrected chi connectivity index (χ1v) is 11.8. The zero-order valence-corrected chi connectivity index (χ0v) is 19.4. The third-order valence-corrected chi connectivity index (χ3v) is 6.06. The Bertz CT molecular complexity index is 966. The summed E-state index contributed by atoms with van der Waals surface area (Å²) in [6.45, 7) is 4.87. The number of nitrogens with zero attached hydrogens (tertiary/aromatic N) is 5. The van der Waals surface area contributed by atoms with Crippen LogP contribution in [-0.2, 0) is 18.4 Å². The zero-order chi connectivity index (χ0) is 22.8. The van der Waals surface area contributed by atoms with Gasteiger partial charge < -0.3 is 15.2 Å². The fourth-order valence-corrected chi connectivity index (χ4v) is 4.01. The summed E-state index contributed by atoms with van der Waals surface area (Å²) in [6, 6.07) is 0. The molecule has 0 saturated heterocycles. The van der Waals surface area contributed by atoms with Gasteiger partial charge in [0, 0.05) is 32.3 Å². The molecule has 0 aliphatic heterocycles. The minimum absolute atomic E-state index is 0.0560. The number of rotatable bonds is 13. The van der Waals surface area contributed by atoms with Crippen molar-refractivity contribution in [2.24, 2.45) is 7.05 Å². The highest BCUT2D eigenvalue weighted by Gasteiger charge is 2.23. The number of thioether (sulfide) groups is 1. The van der Waals surface area contributed by atoms with Crippen LogP contribution in [0, 0.1) is 0 Å². The lowest BCUT2D eigenvalue weighted by Crippen LogP contribution is -2.41. The average molecular weight is 452 g/mol. The van der Waals surface area contributed by atoms with Gasteiger partial charge in [-0.05, 0) is 19.3 Å². The van der Waals surface area contributed by atoms with E-state index in [1.54, 1.807) is 6.33 Å². The van der Waals surface area contributed by atoms with E-state index in [0.717, 1.165) is 37.3 Å². The van der Waals surface area contributed by atoms with E-state index < -0.39 is 11.2 Å². The summed E-state index contributed by atoms with van der Waals surface area (Å²) in [5, 5.41) is 8.64. The Morgan fingerprint density at radius 1 is 1.19 bits per heavy atom. The monoisotopic (exact) mass is 451 g/mol. The molecule has 2 aromatic heterocycles. The van der Waals surface area contributed by atoms with Crippen LogP contribution in [-0.4, -0.2) is 42.5 Å². The maximum absolute atomic E-state index is 13.1. The Morgan fingerprint density at radius 3 is 2.58 bits per heavy atom. The van der Waals surface area contributed by atoms with Crippen molar-refractivity contribution in [2.75, 3.05) is 22.9 Å². The highest BCUT2D eigenvalue weighted by atomic mass is 32.2. The smallest absolute Gasteiger partial charge is 0.330 e. The molecule has 0 saturated carbocycles. The number of nitrogens with two attached hydrogens (primary N) is 1. The van der Waals surface area contributed by atoms with Gasteiger partial charge in [0.25, 0.3) is 5.56 Å². The van der Waals surface area contributed by atoms with Crippen LogP contribution in [0.1, 0.15) is 58.8 Å². The van der Waals surface area contributed by atoms with Crippen molar-refractivity contribution >= 4 is 29.2 Å². The molecule has 0 atom stereocenters. The number of aryl methyl sites for hydroxylation is 1. The molecule has 0 aromatic carbocycles. The van der Waals surface area contributed by atoms with Gasteiger partial charge >= 0.3 is 5.69 Å². The molecule has 0 aliphatic carbocycles. The van der Waals surface area contributed by atoms with Crippen LogP contribution < -0.4 is 21.9 Å². The molecular formula is C20H33N7O3S. The highest BCUT2D eigenvalue weighted by Crippen LogP contribution is 2.21. The van der Waals surface area contributed by atoms with E-state index in [9.17, 15) is 14.4 Å². The van der Waals surface area contributed by atoms with Gasteiger partial charge in [0.1, 0.15) is 12.1 Å². The van der Waals surface area contributed by atoms with Crippen molar-refractivity contribution in [3.05, 3.63) is 27.2 Å². The maximum Gasteiger partial charge on any atom is 0.330 e. The van der Waals surface area contributed by atoms with E-state index in [1.807, 2.05) is 18.5 Å². The van der Waals surface area contributed by atoms with Crippen LogP contribution in [0.15, 0.2) is 21.1 Å². The van der Waals surface area contributed by atoms with Crippen LogP contribution in [0.2, 0.25) is 0 Å².